The van der Waals surface area contributed by atoms with Gasteiger partial charge in [0, 0.05) is 28.1 Å². The molecule has 24 heavy (non-hydrogen) atoms. The largest absolute Gasteiger partial charge is 0.391 e. The molecule has 3 nitrogen and oxygen atoms in total. The van der Waals surface area contributed by atoms with Gasteiger partial charge >= 0.3 is 0 Å². The van der Waals surface area contributed by atoms with E-state index in [2.05, 4.69) is 29.5 Å². The predicted octanol–water partition coefficient (Wildman–Crippen LogP) is 3.86. The number of carbonyl (C=O) groups is 2. The van der Waals surface area contributed by atoms with Crippen LogP contribution in [0.3, 0.4) is 0 Å². The van der Waals surface area contributed by atoms with Crippen LogP contribution in [0, 0.1) is 28.6 Å². The second-order valence-corrected chi connectivity index (χ2v) is 9.56. The lowest BCUT2D eigenvalue weighted by Gasteiger charge is -2.59. The molecule has 132 valence electrons. The zero-order valence-corrected chi connectivity index (χ0v) is 16.5. The van der Waals surface area contributed by atoms with Crippen LogP contribution in [0.1, 0.15) is 58.3 Å². The van der Waals surface area contributed by atoms with Crippen LogP contribution in [0.4, 0.5) is 0 Å². The molecule has 0 bridgehead atoms. The summed E-state index contributed by atoms with van der Waals surface area (Å²) in [5, 5.41) is 11.0. The van der Waals surface area contributed by atoms with Gasteiger partial charge in [-0.25, -0.2) is 0 Å². The number of halogens is 1. The van der Waals surface area contributed by atoms with E-state index >= 15 is 0 Å². The summed E-state index contributed by atoms with van der Waals surface area (Å²) < 4.78 is 0.716. The Morgan fingerprint density at radius 3 is 2.71 bits per heavy atom. The molecule has 0 aromatic carbocycles. The molecule has 0 aromatic heterocycles. The maximum absolute atomic E-state index is 12.5. The van der Waals surface area contributed by atoms with E-state index in [1.165, 1.54) is 5.57 Å². The lowest BCUT2D eigenvalue weighted by molar-refractivity contribution is -0.136. The minimum absolute atomic E-state index is 0.122. The van der Waals surface area contributed by atoms with Crippen LogP contribution in [0.15, 0.2) is 11.6 Å². The quantitative estimate of drug-likeness (QED) is 0.522. The molecule has 4 heteroatoms. The normalized spacial score (nSPS) is 46.0. The molecule has 6 atom stereocenters. The van der Waals surface area contributed by atoms with Gasteiger partial charge in [0.05, 0.1) is 6.10 Å². The number of fused-ring (bicyclic) bond motifs is 5. The highest BCUT2D eigenvalue weighted by Crippen LogP contribution is 2.65. The Balaban J connectivity index is 1.76. The fourth-order valence-electron chi connectivity index (χ4n) is 6.81. The van der Waals surface area contributed by atoms with Gasteiger partial charge in [-0.3, -0.25) is 9.59 Å². The van der Waals surface area contributed by atoms with Crippen LogP contribution >= 0.6 is 22.6 Å². The second kappa shape index (κ2) is 5.90. The van der Waals surface area contributed by atoms with Gasteiger partial charge in [-0.1, -0.05) is 35.1 Å². The van der Waals surface area contributed by atoms with Crippen LogP contribution < -0.4 is 0 Å². The van der Waals surface area contributed by atoms with Gasteiger partial charge in [-0.2, -0.15) is 0 Å². The average Bonchev–Trinajstić information content (AvgIpc) is 2.89. The van der Waals surface area contributed by atoms with Crippen molar-refractivity contribution in [1.29, 1.82) is 0 Å². The Morgan fingerprint density at radius 1 is 1.17 bits per heavy atom. The molecule has 0 amide bonds. The third-order valence-corrected chi connectivity index (χ3v) is 8.85. The SMILES string of the molecule is C[C@]12CC[C@H]3[C@@H](CCC4=CC(=O)CCC43C(O)CI)[C@@H]1CCC2=O. The van der Waals surface area contributed by atoms with Gasteiger partial charge in [0.1, 0.15) is 5.78 Å². The minimum atomic E-state index is -0.369. The average molecular weight is 442 g/mol. The van der Waals surface area contributed by atoms with Gasteiger partial charge < -0.3 is 5.11 Å². The summed E-state index contributed by atoms with van der Waals surface area (Å²) in [6.07, 6.45) is 8.67. The fourth-order valence-corrected chi connectivity index (χ4v) is 7.59. The van der Waals surface area contributed by atoms with Gasteiger partial charge in [-0.15, -0.1) is 0 Å². The van der Waals surface area contributed by atoms with Crippen molar-refractivity contribution in [3.63, 3.8) is 0 Å². The van der Waals surface area contributed by atoms with E-state index in [4.69, 9.17) is 0 Å². The van der Waals surface area contributed by atoms with Crippen molar-refractivity contribution < 1.29 is 14.7 Å². The van der Waals surface area contributed by atoms with Crippen molar-refractivity contribution in [1.82, 2.24) is 0 Å². The lowest BCUT2D eigenvalue weighted by Crippen LogP contribution is -2.56. The highest BCUT2D eigenvalue weighted by atomic mass is 127. The standard InChI is InChI=1S/C20H27IO3/c1-19-8-7-16-14(15(19)4-5-17(19)23)3-2-12-10-13(22)6-9-20(12,16)18(24)11-21/h10,14-16,18,24H,2-9,11H2,1H3/t14-,15-,16-,18?,19-,20?/m0/s1. The Labute approximate surface area is 157 Å². The van der Waals surface area contributed by atoms with Crippen molar-refractivity contribution >= 4 is 34.2 Å². The predicted molar refractivity (Wildman–Crippen MR) is 101 cm³/mol. The number of alkyl halides is 1. The number of aliphatic hydroxyl groups excluding tert-OH is 1. The summed E-state index contributed by atoms with van der Waals surface area (Å²) in [6, 6.07) is 0. The van der Waals surface area contributed by atoms with Crippen LogP contribution in [0.25, 0.3) is 0 Å². The van der Waals surface area contributed by atoms with Gasteiger partial charge in [0.15, 0.2) is 5.78 Å². The van der Waals surface area contributed by atoms with Crippen LogP contribution in [0.5, 0.6) is 0 Å². The van der Waals surface area contributed by atoms with E-state index in [1.807, 2.05) is 6.08 Å². The van der Waals surface area contributed by atoms with Crippen molar-refractivity contribution in [3.05, 3.63) is 11.6 Å². The number of carbonyl (C=O) groups excluding carboxylic acids is 2. The Hall–Kier alpha value is -0.230. The Morgan fingerprint density at radius 2 is 1.96 bits per heavy atom. The van der Waals surface area contributed by atoms with Crippen LogP contribution in [-0.4, -0.2) is 27.2 Å². The summed E-state index contributed by atoms with van der Waals surface area (Å²) in [5.74, 6) is 2.17. The van der Waals surface area contributed by atoms with Crippen LogP contribution in [-0.2, 0) is 9.59 Å². The van der Waals surface area contributed by atoms with Crippen molar-refractivity contribution in [2.45, 2.75) is 64.4 Å². The smallest absolute Gasteiger partial charge is 0.155 e. The van der Waals surface area contributed by atoms with Crippen molar-refractivity contribution in [2.75, 3.05) is 4.43 Å². The third kappa shape index (κ3) is 2.17. The maximum atomic E-state index is 12.5. The first kappa shape index (κ1) is 17.2. The number of aliphatic hydroxyl groups is 1. The molecule has 0 radical (unpaired) electrons. The van der Waals surface area contributed by atoms with Gasteiger partial charge in [-0.05, 0) is 62.4 Å². The number of hydrogen-bond acceptors (Lipinski definition) is 3. The highest BCUT2D eigenvalue weighted by molar-refractivity contribution is 14.1. The molecular formula is C20H27IO3. The first-order chi connectivity index (χ1) is 11.4. The number of ketones is 2. The summed E-state index contributed by atoms with van der Waals surface area (Å²) in [5.41, 5.74) is 0.894. The molecule has 1 N–H and O–H groups in total. The maximum Gasteiger partial charge on any atom is 0.155 e. The van der Waals surface area contributed by atoms with Gasteiger partial charge in [0.25, 0.3) is 0 Å². The molecule has 0 aromatic rings. The highest BCUT2D eigenvalue weighted by Gasteiger charge is 2.61. The monoisotopic (exact) mass is 442 g/mol. The number of hydrogen-bond donors (Lipinski definition) is 1. The molecule has 0 aliphatic heterocycles. The molecule has 3 saturated carbocycles. The Bertz CT molecular complexity index is 612. The summed E-state index contributed by atoms with van der Waals surface area (Å²) >= 11 is 2.29. The summed E-state index contributed by atoms with van der Waals surface area (Å²) in [7, 11) is 0. The first-order valence-electron chi connectivity index (χ1n) is 9.44. The molecule has 3 fully saturated rings. The molecule has 2 unspecified atom stereocenters. The zero-order valence-electron chi connectivity index (χ0n) is 14.4. The molecule has 4 aliphatic rings. The minimum Gasteiger partial charge on any atom is -0.391 e. The van der Waals surface area contributed by atoms with E-state index in [1.54, 1.807) is 0 Å². The number of rotatable bonds is 2. The molecular weight excluding hydrogens is 415 g/mol. The molecule has 0 heterocycles. The summed E-state index contributed by atoms with van der Waals surface area (Å²) in [4.78, 5) is 24.5. The van der Waals surface area contributed by atoms with E-state index in [0.29, 0.717) is 34.4 Å². The number of Topliss-reactive ketones (excluding diaryl/α,β-unsaturated/α-hetero) is 1. The van der Waals surface area contributed by atoms with E-state index in [-0.39, 0.29) is 22.7 Å². The Kier molecular flexibility index (Phi) is 4.23. The molecule has 4 aliphatic carbocycles. The zero-order chi connectivity index (χ0) is 17.1. The molecule has 0 spiro atoms. The summed E-state index contributed by atoms with van der Waals surface area (Å²) in [6.45, 7) is 2.19. The third-order valence-electron chi connectivity index (χ3n) is 8.01. The van der Waals surface area contributed by atoms with Crippen LogP contribution in [0.2, 0.25) is 0 Å². The van der Waals surface area contributed by atoms with E-state index < -0.39 is 0 Å². The van der Waals surface area contributed by atoms with E-state index in [0.717, 1.165) is 44.9 Å². The molecule has 4 rings (SSSR count). The van der Waals surface area contributed by atoms with Crippen molar-refractivity contribution in [2.24, 2.45) is 28.6 Å². The first-order valence-corrected chi connectivity index (χ1v) is 11.0. The molecule has 0 saturated heterocycles. The second-order valence-electron chi connectivity index (χ2n) is 8.68. The van der Waals surface area contributed by atoms with Gasteiger partial charge in [0.2, 0.25) is 0 Å². The van der Waals surface area contributed by atoms with Crippen molar-refractivity contribution in [3.8, 4) is 0 Å². The topological polar surface area (TPSA) is 54.4 Å². The van der Waals surface area contributed by atoms with E-state index in [9.17, 15) is 14.7 Å². The fraction of sp³-hybridized carbons (Fsp3) is 0.800. The lowest BCUT2D eigenvalue weighted by atomic mass is 9.46.